The Labute approximate surface area is 117 Å². The summed E-state index contributed by atoms with van der Waals surface area (Å²) in [5.41, 5.74) is 4.75. The van der Waals surface area contributed by atoms with E-state index >= 15 is 0 Å². The lowest BCUT2D eigenvalue weighted by Crippen LogP contribution is -1.91. The summed E-state index contributed by atoms with van der Waals surface area (Å²) in [4.78, 5) is 8.79. The number of aryl methyl sites for hydroxylation is 1. The number of hydrogen-bond acceptors (Lipinski definition) is 2. The monoisotopic (exact) mass is 264 g/mol. The fourth-order valence-corrected chi connectivity index (χ4v) is 2.12. The van der Waals surface area contributed by atoms with Crippen LogP contribution in [0.4, 0.5) is 4.39 Å². The van der Waals surface area contributed by atoms with Gasteiger partial charge in [-0.15, -0.1) is 0 Å². The minimum Gasteiger partial charge on any atom is -0.256 e. The molecule has 2 aromatic heterocycles. The average Bonchev–Trinajstić information content (AvgIpc) is 2.49. The Morgan fingerprint density at radius 1 is 0.900 bits per heavy atom. The van der Waals surface area contributed by atoms with E-state index in [4.69, 9.17) is 0 Å². The zero-order chi connectivity index (χ0) is 13.9. The van der Waals surface area contributed by atoms with Gasteiger partial charge >= 0.3 is 0 Å². The van der Waals surface area contributed by atoms with Gasteiger partial charge in [0.1, 0.15) is 5.82 Å². The standard InChI is InChI=1S/C17H13FN2/c1-12-10-17(13-5-7-14(18)8-6-13)20-11-15(12)16-4-2-3-9-19-16/h2-11H,1H3. The summed E-state index contributed by atoms with van der Waals surface area (Å²) in [5, 5.41) is 0. The summed E-state index contributed by atoms with van der Waals surface area (Å²) in [5.74, 6) is -0.240. The maximum Gasteiger partial charge on any atom is 0.123 e. The highest BCUT2D eigenvalue weighted by Gasteiger charge is 2.06. The first-order valence-electron chi connectivity index (χ1n) is 6.38. The molecule has 0 atom stereocenters. The number of pyridine rings is 2. The quantitative estimate of drug-likeness (QED) is 0.691. The number of rotatable bonds is 2. The van der Waals surface area contributed by atoms with Crippen LogP contribution in [0.1, 0.15) is 5.56 Å². The Hall–Kier alpha value is -2.55. The molecule has 0 saturated carbocycles. The normalized spacial score (nSPS) is 10.5. The van der Waals surface area contributed by atoms with Gasteiger partial charge in [-0.3, -0.25) is 9.97 Å². The average molecular weight is 264 g/mol. The first-order chi connectivity index (χ1) is 9.74. The molecule has 0 spiro atoms. The Balaban J connectivity index is 2.01. The van der Waals surface area contributed by atoms with Crippen molar-refractivity contribution in [1.29, 1.82) is 0 Å². The first-order valence-corrected chi connectivity index (χ1v) is 6.38. The zero-order valence-electron chi connectivity index (χ0n) is 11.0. The number of benzene rings is 1. The van der Waals surface area contributed by atoms with E-state index in [1.807, 2.05) is 37.4 Å². The number of aromatic nitrogens is 2. The molecule has 0 bridgehead atoms. The molecule has 2 heterocycles. The van der Waals surface area contributed by atoms with Gasteiger partial charge in [-0.05, 0) is 55.0 Å². The number of halogens is 1. The van der Waals surface area contributed by atoms with Crippen LogP contribution in [0.5, 0.6) is 0 Å². The van der Waals surface area contributed by atoms with E-state index in [-0.39, 0.29) is 5.82 Å². The van der Waals surface area contributed by atoms with Crippen molar-refractivity contribution in [2.75, 3.05) is 0 Å². The lowest BCUT2D eigenvalue weighted by atomic mass is 10.0. The second-order valence-electron chi connectivity index (χ2n) is 4.61. The van der Waals surface area contributed by atoms with Crippen LogP contribution >= 0.6 is 0 Å². The third-order valence-electron chi connectivity index (χ3n) is 3.19. The van der Waals surface area contributed by atoms with E-state index < -0.39 is 0 Å². The molecule has 0 unspecified atom stereocenters. The van der Waals surface area contributed by atoms with Crippen molar-refractivity contribution in [2.45, 2.75) is 6.92 Å². The minimum atomic E-state index is -0.240. The minimum absolute atomic E-state index is 0.240. The summed E-state index contributed by atoms with van der Waals surface area (Å²) >= 11 is 0. The second kappa shape index (κ2) is 5.21. The van der Waals surface area contributed by atoms with Crippen molar-refractivity contribution in [3.8, 4) is 22.5 Å². The summed E-state index contributed by atoms with van der Waals surface area (Å²) in [6.07, 6.45) is 3.58. The smallest absolute Gasteiger partial charge is 0.123 e. The molecule has 0 aliphatic heterocycles. The lowest BCUT2D eigenvalue weighted by molar-refractivity contribution is 0.628. The van der Waals surface area contributed by atoms with Crippen molar-refractivity contribution in [3.05, 3.63) is 72.3 Å². The molecule has 0 fully saturated rings. The predicted octanol–water partition coefficient (Wildman–Crippen LogP) is 4.26. The summed E-state index contributed by atoms with van der Waals surface area (Å²) in [6, 6.07) is 14.2. The van der Waals surface area contributed by atoms with E-state index in [1.54, 1.807) is 18.3 Å². The van der Waals surface area contributed by atoms with Crippen LogP contribution in [0.3, 0.4) is 0 Å². The number of nitrogens with zero attached hydrogens (tertiary/aromatic N) is 2. The maximum atomic E-state index is 12.9. The van der Waals surface area contributed by atoms with Gasteiger partial charge in [0.05, 0.1) is 11.4 Å². The van der Waals surface area contributed by atoms with Gasteiger partial charge in [-0.1, -0.05) is 6.07 Å². The molecule has 98 valence electrons. The van der Waals surface area contributed by atoms with Gasteiger partial charge in [-0.2, -0.15) is 0 Å². The van der Waals surface area contributed by atoms with Gasteiger partial charge < -0.3 is 0 Å². The van der Waals surface area contributed by atoms with Crippen LogP contribution in [0, 0.1) is 12.7 Å². The Bertz CT molecular complexity index is 722. The van der Waals surface area contributed by atoms with Gasteiger partial charge in [0, 0.05) is 23.5 Å². The van der Waals surface area contributed by atoms with Crippen LogP contribution in [-0.4, -0.2) is 9.97 Å². The summed E-state index contributed by atoms with van der Waals surface area (Å²) < 4.78 is 12.9. The highest BCUT2D eigenvalue weighted by molar-refractivity contribution is 5.67. The van der Waals surface area contributed by atoms with Gasteiger partial charge in [0.25, 0.3) is 0 Å². The molecule has 0 aliphatic rings. The largest absolute Gasteiger partial charge is 0.256 e. The molecule has 0 amide bonds. The maximum absolute atomic E-state index is 12.9. The van der Waals surface area contributed by atoms with Crippen LogP contribution in [0.25, 0.3) is 22.5 Å². The Morgan fingerprint density at radius 3 is 2.35 bits per heavy atom. The third-order valence-corrected chi connectivity index (χ3v) is 3.19. The van der Waals surface area contributed by atoms with Crippen molar-refractivity contribution >= 4 is 0 Å². The van der Waals surface area contributed by atoms with E-state index in [0.29, 0.717) is 0 Å². The van der Waals surface area contributed by atoms with Crippen molar-refractivity contribution in [1.82, 2.24) is 9.97 Å². The predicted molar refractivity (Wildman–Crippen MR) is 77.6 cm³/mol. The van der Waals surface area contributed by atoms with Crippen LogP contribution in [0.15, 0.2) is 60.9 Å². The van der Waals surface area contributed by atoms with Gasteiger partial charge in [0.15, 0.2) is 0 Å². The molecule has 20 heavy (non-hydrogen) atoms. The van der Waals surface area contributed by atoms with E-state index in [1.165, 1.54) is 12.1 Å². The van der Waals surface area contributed by atoms with Gasteiger partial charge in [0.2, 0.25) is 0 Å². The van der Waals surface area contributed by atoms with Crippen molar-refractivity contribution < 1.29 is 4.39 Å². The van der Waals surface area contributed by atoms with E-state index in [2.05, 4.69) is 9.97 Å². The molecule has 0 saturated heterocycles. The summed E-state index contributed by atoms with van der Waals surface area (Å²) in [6.45, 7) is 2.03. The molecule has 3 heteroatoms. The highest BCUT2D eigenvalue weighted by Crippen LogP contribution is 2.25. The number of hydrogen-bond donors (Lipinski definition) is 0. The zero-order valence-corrected chi connectivity index (χ0v) is 11.0. The molecular formula is C17H13FN2. The Morgan fingerprint density at radius 2 is 1.70 bits per heavy atom. The fraction of sp³-hybridized carbons (Fsp3) is 0.0588. The van der Waals surface area contributed by atoms with Crippen LogP contribution in [0.2, 0.25) is 0 Å². The topological polar surface area (TPSA) is 25.8 Å². The first kappa shape index (κ1) is 12.5. The van der Waals surface area contributed by atoms with Crippen molar-refractivity contribution in [3.63, 3.8) is 0 Å². The molecule has 1 aromatic carbocycles. The Kier molecular flexibility index (Phi) is 3.25. The molecule has 0 N–H and O–H groups in total. The molecular weight excluding hydrogens is 251 g/mol. The van der Waals surface area contributed by atoms with Crippen molar-refractivity contribution in [2.24, 2.45) is 0 Å². The molecule has 2 nitrogen and oxygen atoms in total. The summed E-state index contributed by atoms with van der Waals surface area (Å²) in [7, 11) is 0. The second-order valence-corrected chi connectivity index (χ2v) is 4.61. The SMILES string of the molecule is Cc1cc(-c2ccc(F)cc2)ncc1-c1ccccn1. The van der Waals surface area contributed by atoms with E-state index in [0.717, 1.165) is 28.1 Å². The molecule has 3 rings (SSSR count). The third kappa shape index (κ3) is 2.43. The van der Waals surface area contributed by atoms with E-state index in [9.17, 15) is 4.39 Å². The van der Waals surface area contributed by atoms with Gasteiger partial charge in [-0.25, -0.2) is 4.39 Å². The molecule has 3 aromatic rings. The van der Waals surface area contributed by atoms with Crippen LogP contribution < -0.4 is 0 Å². The van der Waals surface area contributed by atoms with Crippen LogP contribution in [-0.2, 0) is 0 Å². The molecule has 0 radical (unpaired) electrons. The fourth-order valence-electron chi connectivity index (χ4n) is 2.12. The molecule has 0 aliphatic carbocycles. The lowest BCUT2D eigenvalue weighted by Gasteiger charge is -2.07. The highest BCUT2D eigenvalue weighted by atomic mass is 19.1.